The highest BCUT2D eigenvalue weighted by molar-refractivity contribution is 7.86. The summed E-state index contributed by atoms with van der Waals surface area (Å²) in [6.07, 6.45) is 2.40. The number of H-pyrrole nitrogens is 1. The summed E-state index contributed by atoms with van der Waals surface area (Å²) in [6.45, 7) is 5.08. The van der Waals surface area contributed by atoms with Gasteiger partial charge in [-0.05, 0) is 30.2 Å². The number of aromatic amines is 1. The molecule has 1 aromatic carbocycles. The highest BCUT2D eigenvalue weighted by Crippen LogP contribution is 2.39. The molecule has 1 aliphatic heterocycles. The van der Waals surface area contributed by atoms with E-state index in [9.17, 15) is 8.42 Å². The molecular weight excluding hydrogens is 360 g/mol. The quantitative estimate of drug-likeness (QED) is 0.735. The van der Waals surface area contributed by atoms with Crippen LogP contribution in [-0.4, -0.2) is 46.6 Å². The number of fused-ring (bicyclic) bond motifs is 3. The fraction of sp³-hybridized carbons (Fsp3) is 0.350. The Morgan fingerprint density at radius 1 is 1.15 bits per heavy atom. The van der Waals surface area contributed by atoms with Gasteiger partial charge in [0.25, 0.3) is 10.2 Å². The molecular formula is C20H24N4O2S. The van der Waals surface area contributed by atoms with E-state index in [-0.39, 0.29) is 0 Å². The first kappa shape index (κ1) is 18.2. The van der Waals surface area contributed by atoms with Gasteiger partial charge in [-0.1, -0.05) is 38.1 Å². The van der Waals surface area contributed by atoms with Crippen LogP contribution >= 0.6 is 0 Å². The lowest BCUT2D eigenvalue weighted by Gasteiger charge is -2.37. The Bertz CT molecular complexity index is 1040. The van der Waals surface area contributed by atoms with E-state index in [1.165, 1.54) is 9.87 Å². The number of nitrogens with zero attached hydrogens (tertiary/aromatic N) is 3. The van der Waals surface area contributed by atoms with E-state index in [4.69, 9.17) is 0 Å². The van der Waals surface area contributed by atoms with Crippen molar-refractivity contribution in [3.8, 4) is 0 Å². The largest absolute Gasteiger partial charge is 0.356 e. The van der Waals surface area contributed by atoms with Crippen LogP contribution in [0.1, 0.15) is 36.8 Å². The SMILES string of the molecule is CCN(CC)S(=O)(=O)N1CCc2c([nH]c3ccccc23)[C@H]1c1ccccn1. The lowest BCUT2D eigenvalue weighted by molar-refractivity contribution is 0.298. The number of nitrogens with one attached hydrogen (secondary N) is 1. The lowest BCUT2D eigenvalue weighted by Crippen LogP contribution is -2.48. The van der Waals surface area contributed by atoms with Crippen molar-refractivity contribution >= 4 is 21.1 Å². The molecule has 1 atom stereocenters. The Balaban J connectivity index is 1.91. The van der Waals surface area contributed by atoms with E-state index in [1.54, 1.807) is 10.5 Å². The van der Waals surface area contributed by atoms with Crippen LogP contribution in [0.25, 0.3) is 10.9 Å². The van der Waals surface area contributed by atoms with Gasteiger partial charge in [-0.25, -0.2) is 0 Å². The molecule has 0 amide bonds. The molecule has 0 fully saturated rings. The number of pyridine rings is 1. The molecule has 1 aliphatic rings. The summed E-state index contributed by atoms with van der Waals surface area (Å²) in [5, 5.41) is 1.16. The van der Waals surface area contributed by atoms with Crippen LogP contribution in [-0.2, 0) is 16.6 Å². The molecule has 0 spiro atoms. The second-order valence-corrected chi connectivity index (χ2v) is 8.55. The first-order valence-electron chi connectivity index (χ1n) is 9.35. The third-order valence-electron chi connectivity index (χ3n) is 5.29. The topological polar surface area (TPSA) is 69.3 Å². The number of aromatic nitrogens is 2. The predicted octanol–water partition coefficient (Wildman–Crippen LogP) is 3.10. The van der Waals surface area contributed by atoms with Gasteiger partial charge in [0.2, 0.25) is 0 Å². The van der Waals surface area contributed by atoms with Gasteiger partial charge >= 0.3 is 0 Å². The minimum Gasteiger partial charge on any atom is -0.356 e. The monoisotopic (exact) mass is 384 g/mol. The molecule has 0 bridgehead atoms. The van der Waals surface area contributed by atoms with Crippen LogP contribution in [0, 0.1) is 0 Å². The number of hydrogen-bond acceptors (Lipinski definition) is 3. The molecule has 142 valence electrons. The minimum absolute atomic E-state index is 0.439. The van der Waals surface area contributed by atoms with E-state index in [0.717, 1.165) is 22.3 Å². The van der Waals surface area contributed by atoms with Gasteiger partial charge in [0.15, 0.2) is 0 Å². The maximum Gasteiger partial charge on any atom is 0.282 e. The summed E-state index contributed by atoms with van der Waals surface area (Å²) in [5.74, 6) is 0. The Kier molecular flexibility index (Phi) is 4.75. The van der Waals surface area contributed by atoms with E-state index in [1.807, 2.05) is 50.2 Å². The molecule has 3 heterocycles. The van der Waals surface area contributed by atoms with Gasteiger partial charge in [-0.2, -0.15) is 17.0 Å². The second kappa shape index (κ2) is 7.07. The molecule has 4 rings (SSSR count). The Hall–Kier alpha value is -2.22. The van der Waals surface area contributed by atoms with Crippen molar-refractivity contribution in [3.63, 3.8) is 0 Å². The summed E-state index contributed by atoms with van der Waals surface area (Å²) in [6, 6.07) is 13.3. The van der Waals surface area contributed by atoms with Gasteiger partial charge in [-0.15, -0.1) is 0 Å². The van der Waals surface area contributed by atoms with Crippen LogP contribution in [0.3, 0.4) is 0 Å². The molecule has 7 heteroatoms. The minimum atomic E-state index is -3.60. The van der Waals surface area contributed by atoms with E-state index < -0.39 is 16.3 Å². The first-order chi connectivity index (χ1) is 13.1. The molecule has 0 unspecified atom stereocenters. The van der Waals surface area contributed by atoms with Crippen molar-refractivity contribution in [1.82, 2.24) is 18.6 Å². The Morgan fingerprint density at radius 2 is 1.89 bits per heavy atom. The fourth-order valence-corrected chi connectivity index (χ4v) is 5.75. The number of hydrogen-bond donors (Lipinski definition) is 1. The van der Waals surface area contributed by atoms with Gasteiger partial charge in [-0.3, -0.25) is 4.98 Å². The van der Waals surface area contributed by atoms with Crippen molar-refractivity contribution in [2.75, 3.05) is 19.6 Å². The van der Waals surface area contributed by atoms with E-state index >= 15 is 0 Å². The highest BCUT2D eigenvalue weighted by atomic mass is 32.2. The molecule has 0 saturated carbocycles. The molecule has 27 heavy (non-hydrogen) atoms. The molecule has 6 nitrogen and oxygen atoms in total. The standard InChI is InChI=1S/C20H24N4O2S/c1-3-23(4-2)27(25,26)24-14-12-16-15-9-5-6-10-17(15)22-19(16)20(24)18-11-7-8-13-21-18/h5-11,13,20,22H,3-4,12,14H2,1-2H3/t20-/m1/s1. The summed E-state index contributed by atoms with van der Waals surface area (Å²) in [5.41, 5.74) is 3.88. The predicted molar refractivity (Wildman–Crippen MR) is 107 cm³/mol. The Morgan fingerprint density at radius 3 is 2.59 bits per heavy atom. The van der Waals surface area contributed by atoms with Crippen LogP contribution < -0.4 is 0 Å². The van der Waals surface area contributed by atoms with Crippen molar-refractivity contribution in [3.05, 3.63) is 65.6 Å². The second-order valence-electron chi connectivity index (χ2n) is 6.67. The number of benzene rings is 1. The molecule has 3 aromatic rings. The van der Waals surface area contributed by atoms with Gasteiger partial charge in [0.05, 0.1) is 5.69 Å². The zero-order chi connectivity index (χ0) is 19.0. The highest BCUT2D eigenvalue weighted by Gasteiger charge is 2.41. The smallest absolute Gasteiger partial charge is 0.282 e. The maximum absolute atomic E-state index is 13.4. The van der Waals surface area contributed by atoms with Gasteiger partial charge < -0.3 is 4.98 Å². The molecule has 0 saturated heterocycles. The first-order valence-corrected chi connectivity index (χ1v) is 10.7. The zero-order valence-corrected chi connectivity index (χ0v) is 16.4. The van der Waals surface area contributed by atoms with Crippen LogP contribution in [0.15, 0.2) is 48.7 Å². The van der Waals surface area contributed by atoms with Crippen LogP contribution in [0.4, 0.5) is 0 Å². The summed E-state index contributed by atoms with van der Waals surface area (Å²) in [7, 11) is -3.60. The van der Waals surface area contributed by atoms with Crippen molar-refractivity contribution in [2.24, 2.45) is 0 Å². The molecule has 2 aromatic heterocycles. The molecule has 0 aliphatic carbocycles. The van der Waals surface area contributed by atoms with Crippen LogP contribution in [0.5, 0.6) is 0 Å². The zero-order valence-electron chi connectivity index (χ0n) is 15.6. The van der Waals surface area contributed by atoms with Crippen molar-refractivity contribution in [1.29, 1.82) is 0 Å². The summed E-state index contributed by atoms with van der Waals surface area (Å²) in [4.78, 5) is 7.98. The summed E-state index contributed by atoms with van der Waals surface area (Å²) < 4.78 is 29.8. The van der Waals surface area contributed by atoms with E-state index in [0.29, 0.717) is 26.1 Å². The van der Waals surface area contributed by atoms with Gasteiger partial charge in [0, 0.05) is 42.4 Å². The van der Waals surface area contributed by atoms with Crippen molar-refractivity contribution < 1.29 is 8.42 Å². The van der Waals surface area contributed by atoms with Crippen LogP contribution in [0.2, 0.25) is 0 Å². The Labute approximate surface area is 160 Å². The fourth-order valence-electron chi connectivity index (χ4n) is 4.00. The summed E-state index contributed by atoms with van der Waals surface area (Å²) >= 11 is 0. The average Bonchev–Trinajstić information content (AvgIpc) is 3.07. The average molecular weight is 385 g/mol. The van der Waals surface area contributed by atoms with E-state index in [2.05, 4.69) is 16.0 Å². The number of para-hydroxylation sites is 1. The third-order valence-corrected chi connectivity index (χ3v) is 7.44. The molecule has 0 radical (unpaired) electrons. The lowest BCUT2D eigenvalue weighted by atomic mass is 9.97. The normalized spacial score (nSPS) is 18.1. The van der Waals surface area contributed by atoms with Gasteiger partial charge in [0.1, 0.15) is 6.04 Å². The maximum atomic E-state index is 13.4. The molecule has 1 N–H and O–H groups in total. The third kappa shape index (κ3) is 2.96. The number of rotatable bonds is 5. The van der Waals surface area contributed by atoms with Crippen molar-refractivity contribution in [2.45, 2.75) is 26.3 Å².